The molecule has 1 aromatic rings. The van der Waals surface area contributed by atoms with E-state index in [-0.39, 0.29) is 24.6 Å². The number of rotatable bonds is 3. The number of benzene rings is 1. The summed E-state index contributed by atoms with van der Waals surface area (Å²) in [6.45, 7) is 1.60. The second-order valence-electron chi connectivity index (χ2n) is 4.37. The number of hydrogen-bond donors (Lipinski definition) is 1. The lowest BCUT2D eigenvalue weighted by Gasteiger charge is -2.18. The van der Waals surface area contributed by atoms with Crippen molar-refractivity contribution in [3.63, 3.8) is 0 Å². The van der Waals surface area contributed by atoms with Gasteiger partial charge in [0, 0.05) is 19.2 Å². The number of aliphatic hydroxyl groups excluding tert-OH is 1. The van der Waals surface area contributed by atoms with Gasteiger partial charge in [0.25, 0.3) is 5.91 Å². The SMILES string of the molecule is CC(C#N)CN(C)C(=O)c1cc(C#CCO)ccc1F. The van der Waals surface area contributed by atoms with Gasteiger partial charge < -0.3 is 10.0 Å². The van der Waals surface area contributed by atoms with E-state index in [2.05, 4.69) is 11.8 Å². The highest BCUT2D eigenvalue weighted by molar-refractivity contribution is 5.94. The normalized spacial score (nSPS) is 10.9. The van der Waals surface area contributed by atoms with Gasteiger partial charge in [-0.3, -0.25) is 4.79 Å². The number of aliphatic hydroxyl groups is 1. The molecular formula is C15H15FN2O2. The van der Waals surface area contributed by atoms with E-state index in [0.29, 0.717) is 5.56 Å². The summed E-state index contributed by atoms with van der Waals surface area (Å²) in [6, 6.07) is 5.96. The van der Waals surface area contributed by atoms with Gasteiger partial charge >= 0.3 is 0 Å². The predicted octanol–water partition coefficient (Wildman–Crippen LogP) is 1.40. The van der Waals surface area contributed by atoms with Gasteiger partial charge in [-0.15, -0.1) is 0 Å². The van der Waals surface area contributed by atoms with Crippen molar-refractivity contribution in [2.45, 2.75) is 6.92 Å². The predicted molar refractivity (Wildman–Crippen MR) is 72.1 cm³/mol. The maximum absolute atomic E-state index is 13.7. The van der Waals surface area contributed by atoms with Crippen LogP contribution in [0.3, 0.4) is 0 Å². The van der Waals surface area contributed by atoms with Crippen molar-refractivity contribution in [2.75, 3.05) is 20.2 Å². The number of hydrogen-bond acceptors (Lipinski definition) is 3. The van der Waals surface area contributed by atoms with Crippen molar-refractivity contribution in [3.05, 3.63) is 35.1 Å². The lowest BCUT2D eigenvalue weighted by Crippen LogP contribution is -2.31. The average Bonchev–Trinajstić information content (AvgIpc) is 2.45. The summed E-state index contributed by atoms with van der Waals surface area (Å²) in [7, 11) is 1.52. The summed E-state index contributed by atoms with van der Waals surface area (Å²) >= 11 is 0. The van der Waals surface area contributed by atoms with Crippen molar-refractivity contribution in [2.24, 2.45) is 5.92 Å². The topological polar surface area (TPSA) is 64.3 Å². The summed E-state index contributed by atoms with van der Waals surface area (Å²) < 4.78 is 13.7. The lowest BCUT2D eigenvalue weighted by molar-refractivity contribution is 0.0780. The van der Waals surface area contributed by atoms with Gasteiger partial charge in [-0.05, 0) is 25.1 Å². The second kappa shape index (κ2) is 7.28. The Bertz CT molecular complexity index is 596. The van der Waals surface area contributed by atoms with Gasteiger partial charge in [-0.25, -0.2) is 4.39 Å². The van der Waals surface area contributed by atoms with E-state index in [1.165, 1.54) is 24.1 Å². The zero-order valence-electron chi connectivity index (χ0n) is 11.4. The Hall–Kier alpha value is -2.37. The van der Waals surface area contributed by atoms with Crippen molar-refractivity contribution in [3.8, 4) is 17.9 Å². The molecule has 1 unspecified atom stereocenters. The van der Waals surface area contributed by atoms with Crippen LogP contribution in [0.2, 0.25) is 0 Å². The van der Waals surface area contributed by atoms with Crippen molar-refractivity contribution < 1.29 is 14.3 Å². The van der Waals surface area contributed by atoms with Crippen LogP contribution in [0, 0.1) is 34.9 Å². The first kappa shape index (κ1) is 15.7. The van der Waals surface area contributed by atoms with Crippen LogP contribution in [0.25, 0.3) is 0 Å². The first-order valence-electron chi connectivity index (χ1n) is 6.04. The highest BCUT2D eigenvalue weighted by Gasteiger charge is 2.18. The van der Waals surface area contributed by atoms with Crippen LogP contribution in [0.4, 0.5) is 4.39 Å². The third-order valence-corrected chi connectivity index (χ3v) is 2.62. The molecule has 5 heteroatoms. The molecule has 0 radical (unpaired) electrons. The largest absolute Gasteiger partial charge is 0.384 e. The van der Waals surface area contributed by atoms with Gasteiger partial charge in [0.05, 0.1) is 17.6 Å². The van der Waals surface area contributed by atoms with E-state index in [1.54, 1.807) is 6.92 Å². The molecule has 104 valence electrons. The molecule has 1 atom stereocenters. The summed E-state index contributed by atoms with van der Waals surface area (Å²) in [5.74, 6) is 3.58. The Kier molecular flexibility index (Phi) is 5.71. The van der Waals surface area contributed by atoms with Crippen LogP contribution >= 0.6 is 0 Å². The Balaban J connectivity index is 3.00. The standard InChI is InChI=1S/C15H15FN2O2/c1-11(9-17)10-18(2)15(20)13-8-12(4-3-7-19)5-6-14(13)16/h5-6,8,11,19H,7,10H2,1-2H3. The molecule has 20 heavy (non-hydrogen) atoms. The fraction of sp³-hybridized carbons (Fsp3) is 0.333. The third kappa shape index (κ3) is 4.08. The Morgan fingerprint density at radius 3 is 2.85 bits per heavy atom. The summed E-state index contributed by atoms with van der Waals surface area (Å²) in [5, 5.41) is 17.3. The molecule has 4 nitrogen and oxygen atoms in total. The molecular weight excluding hydrogens is 259 g/mol. The molecule has 0 aliphatic heterocycles. The zero-order valence-corrected chi connectivity index (χ0v) is 11.4. The molecule has 1 aromatic carbocycles. The third-order valence-electron chi connectivity index (χ3n) is 2.62. The van der Waals surface area contributed by atoms with Gasteiger partial charge in [0.15, 0.2) is 0 Å². The van der Waals surface area contributed by atoms with E-state index in [4.69, 9.17) is 10.4 Å². The van der Waals surface area contributed by atoms with Crippen LogP contribution in [0.15, 0.2) is 18.2 Å². The minimum absolute atomic E-state index is 0.0950. The van der Waals surface area contributed by atoms with E-state index < -0.39 is 11.7 Å². The van der Waals surface area contributed by atoms with Gasteiger partial charge in [-0.2, -0.15) is 5.26 Å². The summed E-state index contributed by atoms with van der Waals surface area (Å²) in [4.78, 5) is 13.4. The van der Waals surface area contributed by atoms with Gasteiger partial charge in [-0.1, -0.05) is 11.8 Å². The number of carbonyl (C=O) groups excluding carboxylic acids is 1. The summed E-state index contributed by atoms with van der Waals surface area (Å²) in [6.07, 6.45) is 0. The van der Waals surface area contributed by atoms with Crippen LogP contribution in [-0.2, 0) is 0 Å². The first-order valence-corrected chi connectivity index (χ1v) is 6.04. The number of halogens is 1. The number of carbonyl (C=O) groups is 1. The van der Waals surface area contributed by atoms with Crippen LogP contribution in [0.1, 0.15) is 22.8 Å². The molecule has 1 rings (SSSR count). The smallest absolute Gasteiger partial charge is 0.256 e. The molecule has 0 aromatic heterocycles. The molecule has 1 amide bonds. The fourth-order valence-corrected chi connectivity index (χ4v) is 1.65. The molecule has 0 fully saturated rings. The maximum Gasteiger partial charge on any atom is 0.256 e. The molecule has 0 heterocycles. The number of nitrogens with zero attached hydrogens (tertiary/aromatic N) is 2. The monoisotopic (exact) mass is 274 g/mol. The zero-order chi connectivity index (χ0) is 15.1. The van der Waals surface area contributed by atoms with Gasteiger partial charge in [0.2, 0.25) is 0 Å². The molecule has 0 aliphatic carbocycles. The number of amides is 1. The first-order chi connectivity index (χ1) is 9.49. The minimum Gasteiger partial charge on any atom is -0.384 e. The fourth-order valence-electron chi connectivity index (χ4n) is 1.65. The maximum atomic E-state index is 13.7. The van der Waals surface area contributed by atoms with Crippen LogP contribution in [-0.4, -0.2) is 36.1 Å². The molecule has 1 N–H and O–H groups in total. The lowest BCUT2D eigenvalue weighted by atomic mass is 10.1. The van der Waals surface area contributed by atoms with Crippen molar-refractivity contribution in [1.29, 1.82) is 5.26 Å². The highest BCUT2D eigenvalue weighted by atomic mass is 19.1. The van der Waals surface area contributed by atoms with E-state index in [0.717, 1.165) is 6.07 Å². The van der Waals surface area contributed by atoms with E-state index >= 15 is 0 Å². The Labute approximate surface area is 117 Å². The van der Waals surface area contributed by atoms with E-state index in [1.807, 2.05) is 6.07 Å². The Morgan fingerprint density at radius 1 is 1.55 bits per heavy atom. The van der Waals surface area contributed by atoms with Crippen molar-refractivity contribution >= 4 is 5.91 Å². The van der Waals surface area contributed by atoms with Crippen molar-refractivity contribution in [1.82, 2.24) is 4.90 Å². The molecule has 0 saturated heterocycles. The summed E-state index contributed by atoms with van der Waals surface area (Å²) in [5.41, 5.74) is 0.355. The highest BCUT2D eigenvalue weighted by Crippen LogP contribution is 2.13. The average molecular weight is 274 g/mol. The quantitative estimate of drug-likeness (QED) is 0.847. The molecule has 0 aliphatic rings. The molecule has 0 saturated carbocycles. The van der Waals surface area contributed by atoms with Gasteiger partial charge in [0.1, 0.15) is 12.4 Å². The Morgan fingerprint density at radius 2 is 2.25 bits per heavy atom. The molecule has 0 spiro atoms. The van der Waals surface area contributed by atoms with E-state index in [9.17, 15) is 9.18 Å². The number of nitriles is 1. The molecule has 0 bridgehead atoms. The second-order valence-corrected chi connectivity index (χ2v) is 4.37. The van der Waals surface area contributed by atoms with Crippen LogP contribution < -0.4 is 0 Å². The van der Waals surface area contributed by atoms with Crippen LogP contribution in [0.5, 0.6) is 0 Å². The minimum atomic E-state index is -0.638.